The summed E-state index contributed by atoms with van der Waals surface area (Å²) in [6.45, 7) is 4.59. The third kappa shape index (κ3) is 2.99. The molecule has 1 aliphatic rings. The number of benzene rings is 1. The molecule has 0 spiro atoms. The Bertz CT molecular complexity index is 433. The number of nitrogens with zero attached hydrogens (tertiary/aromatic N) is 1. The van der Waals surface area contributed by atoms with Crippen LogP contribution in [0.2, 0.25) is 0 Å². The zero-order valence-corrected chi connectivity index (χ0v) is 12.4. The van der Waals surface area contributed by atoms with E-state index in [1.165, 1.54) is 18.5 Å². The smallest absolute Gasteiger partial charge is 0.105 e. The number of rotatable bonds is 2. The van der Waals surface area contributed by atoms with E-state index in [4.69, 9.17) is 18.0 Å². The van der Waals surface area contributed by atoms with Gasteiger partial charge in [0.1, 0.15) is 4.99 Å². The van der Waals surface area contributed by atoms with Crippen LogP contribution in [0.4, 0.5) is 5.69 Å². The number of thiocarbonyl (C=S) groups is 1. The Balaban J connectivity index is 2.22. The lowest BCUT2D eigenvalue weighted by Crippen LogP contribution is -2.34. The van der Waals surface area contributed by atoms with Gasteiger partial charge in [-0.3, -0.25) is 0 Å². The van der Waals surface area contributed by atoms with Crippen LogP contribution >= 0.6 is 28.1 Å². The van der Waals surface area contributed by atoms with Crippen molar-refractivity contribution in [1.29, 1.82) is 0 Å². The maximum absolute atomic E-state index is 5.65. The van der Waals surface area contributed by atoms with Crippen LogP contribution in [0, 0.1) is 5.92 Å². The summed E-state index contributed by atoms with van der Waals surface area (Å²) in [5.74, 6) is 0.776. The first-order chi connectivity index (χ1) is 8.08. The van der Waals surface area contributed by atoms with E-state index in [1.54, 1.807) is 0 Å². The molecule has 1 aromatic carbocycles. The van der Waals surface area contributed by atoms with Crippen LogP contribution in [0.15, 0.2) is 22.7 Å². The average Bonchev–Trinajstić information content (AvgIpc) is 2.28. The minimum Gasteiger partial charge on any atom is -0.389 e. The number of hydrogen-bond acceptors (Lipinski definition) is 2. The molecule has 0 bridgehead atoms. The topological polar surface area (TPSA) is 29.3 Å². The molecule has 1 aromatic rings. The standard InChI is InChI=1S/C13H17BrN2S/c1-9-3-2-6-16(8-9)10-4-5-11(13(15)17)12(14)7-10/h4-5,7,9H,2-3,6,8H2,1H3,(H2,15,17). The third-order valence-electron chi connectivity index (χ3n) is 3.24. The molecule has 0 radical (unpaired) electrons. The molecule has 2 rings (SSSR count). The van der Waals surface area contributed by atoms with Crippen molar-refractivity contribution in [3.05, 3.63) is 28.2 Å². The van der Waals surface area contributed by atoms with Crippen LogP contribution in [0.25, 0.3) is 0 Å². The van der Waals surface area contributed by atoms with E-state index in [1.807, 2.05) is 6.07 Å². The van der Waals surface area contributed by atoms with Crippen molar-refractivity contribution < 1.29 is 0 Å². The van der Waals surface area contributed by atoms with Crippen LogP contribution in [0.3, 0.4) is 0 Å². The minimum absolute atomic E-state index is 0.440. The predicted octanol–water partition coefficient (Wildman–Crippen LogP) is 3.32. The molecule has 2 N–H and O–H groups in total. The van der Waals surface area contributed by atoms with Crippen LogP contribution in [-0.2, 0) is 0 Å². The fourth-order valence-corrected chi connectivity index (χ4v) is 3.21. The van der Waals surface area contributed by atoms with Crippen LogP contribution in [0.1, 0.15) is 25.3 Å². The number of nitrogens with two attached hydrogens (primary N) is 1. The second kappa shape index (κ2) is 5.36. The lowest BCUT2D eigenvalue weighted by atomic mass is 9.99. The van der Waals surface area contributed by atoms with Crippen LogP contribution in [-0.4, -0.2) is 18.1 Å². The van der Waals surface area contributed by atoms with E-state index in [2.05, 4.69) is 39.9 Å². The highest BCUT2D eigenvalue weighted by Gasteiger charge is 2.17. The molecular formula is C13H17BrN2S. The Morgan fingerprint density at radius 3 is 2.88 bits per heavy atom. The Morgan fingerprint density at radius 1 is 1.53 bits per heavy atom. The molecule has 1 fully saturated rings. The van der Waals surface area contributed by atoms with Gasteiger partial charge in [-0.15, -0.1) is 0 Å². The van der Waals surface area contributed by atoms with Gasteiger partial charge in [-0.25, -0.2) is 0 Å². The van der Waals surface area contributed by atoms with Crippen LogP contribution in [0.5, 0.6) is 0 Å². The van der Waals surface area contributed by atoms with Gasteiger partial charge < -0.3 is 10.6 Å². The highest BCUT2D eigenvalue weighted by Crippen LogP contribution is 2.27. The van der Waals surface area contributed by atoms with E-state index in [0.717, 1.165) is 29.0 Å². The van der Waals surface area contributed by atoms with Crippen molar-refractivity contribution in [2.45, 2.75) is 19.8 Å². The Hall–Kier alpha value is -0.610. The Kier molecular flexibility index (Phi) is 4.05. The molecule has 0 aliphatic carbocycles. The normalized spacial score (nSPS) is 20.4. The number of halogens is 1. The largest absolute Gasteiger partial charge is 0.389 e. The molecule has 17 heavy (non-hydrogen) atoms. The van der Waals surface area contributed by atoms with Crippen molar-refractivity contribution in [2.24, 2.45) is 11.7 Å². The molecule has 1 heterocycles. The van der Waals surface area contributed by atoms with E-state index < -0.39 is 0 Å². The fraction of sp³-hybridized carbons (Fsp3) is 0.462. The minimum atomic E-state index is 0.440. The number of piperidine rings is 1. The maximum Gasteiger partial charge on any atom is 0.105 e. The van der Waals surface area contributed by atoms with E-state index in [-0.39, 0.29) is 0 Å². The highest BCUT2D eigenvalue weighted by atomic mass is 79.9. The molecular weight excluding hydrogens is 296 g/mol. The fourth-order valence-electron chi connectivity index (χ4n) is 2.32. The molecule has 0 amide bonds. The molecule has 4 heteroatoms. The maximum atomic E-state index is 5.65. The van der Waals surface area contributed by atoms with Gasteiger partial charge in [-0.2, -0.15) is 0 Å². The van der Waals surface area contributed by atoms with Crippen LogP contribution < -0.4 is 10.6 Å². The second-order valence-corrected chi connectivity index (χ2v) is 6.02. The predicted molar refractivity (Wildman–Crippen MR) is 80.6 cm³/mol. The van der Waals surface area contributed by atoms with Gasteiger partial charge in [0.2, 0.25) is 0 Å². The summed E-state index contributed by atoms with van der Waals surface area (Å²) in [5.41, 5.74) is 7.82. The van der Waals surface area contributed by atoms with E-state index in [9.17, 15) is 0 Å². The molecule has 92 valence electrons. The molecule has 1 atom stereocenters. The summed E-state index contributed by atoms with van der Waals surface area (Å²) in [6.07, 6.45) is 2.61. The average molecular weight is 313 g/mol. The zero-order chi connectivity index (χ0) is 12.4. The molecule has 2 nitrogen and oxygen atoms in total. The summed E-state index contributed by atoms with van der Waals surface area (Å²) in [4.78, 5) is 2.87. The molecule has 1 saturated heterocycles. The molecule has 1 unspecified atom stereocenters. The monoisotopic (exact) mass is 312 g/mol. The van der Waals surface area contributed by atoms with Gasteiger partial charge in [-0.05, 0) is 52.9 Å². The Labute approximate surface area is 116 Å². The third-order valence-corrected chi connectivity index (χ3v) is 4.12. The van der Waals surface area contributed by atoms with Gasteiger partial charge in [-0.1, -0.05) is 19.1 Å². The van der Waals surface area contributed by atoms with E-state index >= 15 is 0 Å². The first kappa shape index (κ1) is 12.8. The van der Waals surface area contributed by atoms with Crippen molar-refractivity contribution in [1.82, 2.24) is 0 Å². The first-order valence-electron chi connectivity index (χ1n) is 5.92. The summed E-state index contributed by atoms with van der Waals surface area (Å²) >= 11 is 8.54. The number of hydrogen-bond donors (Lipinski definition) is 1. The summed E-state index contributed by atoms with van der Waals surface area (Å²) in [5, 5.41) is 0. The zero-order valence-electron chi connectivity index (χ0n) is 9.95. The van der Waals surface area contributed by atoms with Gasteiger partial charge in [0.15, 0.2) is 0 Å². The molecule has 1 aliphatic heterocycles. The van der Waals surface area contributed by atoms with Gasteiger partial charge in [0.05, 0.1) is 0 Å². The lowest BCUT2D eigenvalue weighted by molar-refractivity contribution is 0.447. The lowest BCUT2D eigenvalue weighted by Gasteiger charge is -2.33. The SMILES string of the molecule is CC1CCCN(c2ccc(C(N)=S)c(Br)c2)C1. The summed E-state index contributed by atoms with van der Waals surface area (Å²) in [6, 6.07) is 6.23. The highest BCUT2D eigenvalue weighted by molar-refractivity contribution is 9.10. The molecule has 0 aromatic heterocycles. The second-order valence-electron chi connectivity index (χ2n) is 4.72. The summed E-state index contributed by atoms with van der Waals surface area (Å²) < 4.78 is 0.987. The quantitative estimate of drug-likeness (QED) is 0.849. The first-order valence-corrected chi connectivity index (χ1v) is 7.12. The van der Waals surface area contributed by atoms with Gasteiger partial charge >= 0.3 is 0 Å². The number of anilines is 1. The Morgan fingerprint density at radius 2 is 2.29 bits per heavy atom. The van der Waals surface area contributed by atoms with Crippen molar-refractivity contribution >= 4 is 38.8 Å². The van der Waals surface area contributed by atoms with E-state index in [0.29, 0.717) is 4.99 Å². The van der Waals surface area contributed by atoms with Crippen molar-refractivity contribution in [2.75, 3.05) is 18.0 Å². The summed E-state index contributed by atoms with van der Waals surface area (Å²) in [7, 11) is 0. The van der Waals surface area contributed by atoms with Crippen molar-refractivity contribution in [3.63, 3.8) is 0 Å². The van der Waals surface area contributed by atoms with Gasteiger partial charge in [0, 0.05) is 28.8 Å². The molecule has 0 saturated carbocycles. The van der Waals surface area contributed by atoms with Gasteiger partial charge in [0.25, 0.3) is 0 Å². The van der Waals surface area contributed by atoms with Crippen molar-refractivity contribution in [3.8, 4) is 0 Å².